The maximum Gasteiger partial charge on any atom is 0.0537 e. The lowest BCUT2D eigenvalue weighted by atomic mass is 10.0. The van der Waals surface area contributed by atoms with Gasteiger partial charge in [-0.3, -0.25) is 0 Å². The Hall–Kier alpha value is -4.04. The SMILES string of the molecule is Cc1c(/C=C\Cc2ccc(-c3ccc(N)cc3)cc2)n(-c2ccccc2)c2ccccc12. The molecule has 0 aliphatic carbocycles. The van der Waals surface area contributed by atoms with Crippen molar-refractivity contribution in [3.05, 3.63) is 126 Å². The Labute approximate surface area is 189 Å². The number of anilines is 1. The van der Waals surface area contributed by atoms with Crippen molar-refractivity contribution in [1.82, 2.24) is 4.57 Å². The molecule has 32 heavy (non-hydrogen) atoms. The fraction of sp³-hybridized carbons (Fsp3) is 0.0667. The van der Waals surface area contributed by atoms with Gasteiger partial charge in [-0.25, -0.2) is 0 Å². The van der Waals surface area contributed by atoms with Gasteiger partial charge in [0.1, 0.15) is 0 Å². The lowest BCUT2D eigenvalue weighted by Gasteiger charge is -2.09. The summed E-state index contributed by atoms with van der Waals surface area (Å²) < 4.78 is 2.35. The summed E-state index contributed by atoms with van der Waals surface area (Å²) in [5, 5.41) is 1.30. The van der Waals surface area contributed by atoms with Crippen LogP contribution in [0.2, 0.25) is 0 Å². The molecule has 5 rings (SSSR count). The predicted octanol–water partition coefficient (Wildman–Crippen LogP) is 7.44. The molecule has 1 heterocycles. The van der Waals surface area contributed by atoms with Gasteiger partial charge in [0.15, 0.2) is 0 Å². The van der Waals surface area contributed by atoms with Gasteiger partial charge in [-0.1, -0.05) is 78.9 Å². The average Bonchev–Trinajstić information content (AvgIpc) is 3.12. The summed E-state index contributed by atoms with van der Waals surface area (Å²) >= 11 is 0. The zero-order chi connectivity index (χ0) is 21.9. The summed E-state index contributed by atoms with van der Waals surface area (Å²) in [5.41, 5.74) is 15.2. The second-order valence-corrected chi connectivity index (χ2v) is 8.12. The van der Waals surface area contributed by atoms with E-state index in [1.807, 2.05) is 12.1 Å². The molecule has 0 atom stereocenters. The Bertz CT molecular complexity index is 1370. The fourth-order valence-electron chi connectivity index (χ4n) is 4.29. The molecule has 0 bridgehead atoms. The highest BCUT2D eigenvalue weighted by Crippen LogP contribution is 2.30. The van der Waals surface area contributed by atoms with Crippen molar-refractivity contribution in [3.8, 4) is 16.8 Å². The predicted molar refractivity (Wildman–Crippen MR) is 137 cm³/mol. The van der Waals surface area contributed by atoms with Crippen LogP contribution in [-0.4, -0.2) is 4.57 Å². The van der Waals surface area contributed by atoms with Crippen LogP contribution in [0, 0.1) is 6.92 Å². The largest absolute Gasteiger partial charge is 0.399 e. The Morgan fingerprint density at radius 1 is 0.719 bits per heavy atom. The molecule has 2 N–H and O–H groups in total. The van der Waals surface area contributed by atoms with E-state index in [-0.39, 0.29) is 0 Å². The highest BCUT2D eigenvalue weighted by molar-refractivity contribution is 5.89. The number of aryl methyl sites for hydroxylation is 1. The van der Waals surface area contributed by atoms with Gasteiger partial charge in [0, 0.05) is 22.5 Å². The number of nitrogens with two attached hydrogens (primary N) is 1. The van der Waals surface area contributed by atoms with E-state index >= 15 is 0 Å². The van der Waals surface area contributed by atoms with Crippen LogP contribution in [-0.2, 0) is 6.42 Å². The zero-order valence-corrected chi connectivity index (χ0v) is 18.2. The van der Waals surface area contributed by atoms with Crippen LogP contribution in [0.4, 0.5) is 5.69 Å². The Morgan fingerprint density at radius 2 is 1.34 bits per heavy atom. The van der Waals surface area contributed by atoms with E-state index in [1.54, 1.807) is 0 Å². The summed E-state index contributed by atoms with van der Waals surface area (Å²) in [5.74, 6) is 0. The van der Waals surface area contributed by atoms with Crippen LogP contribution >= 0.6 is 0 Å². The van der Waals surface area contributed by atoms with Gasteiger partial charge in [-0.05, 0) is 72.0 Å². The van der Waals surface area contributed by atoms with E-state index in [4.69, 9.17) is 5.73 Å². The second-order valence-electron chi connectivity index (χ2n) is 8.12. The number of rotatable bonds is 5. The van der Waals surface area contributed by atoms with Crippen LogP contribution in [0.15, 0.2) is 109 Å². The standard InChI is InChI=1S/C30H26N2/c1-22-28-11-5-6-12-30(28)32(27-9-3-2-4-10-27)29(22)13-7-8-23-14-16-24(17-15-23)25-18-20-26(31)21-19-25/h2-7,9-21H,8,31H2,1H3/b13-7-. The first kappa shape index (κ1) is 19.9. The van der Waals surface area contributed by atoms with Gasteiger partial charge in [0.05, 0.1) is 5.52 Å². The quantitative estimate of drug-likeness (QED) is 0.298. The molecule has 4 aromatic carbocycles. The molecule has 0 saturated heterocycles. The van der Waals surface area contributed by atoms with Gasteiger partial charge < -0.3 is 10.3 Å². The smallest absolute Gasteiger partial charge is 0.0537 e. The minimum Gasteiger partial charge on any atom is -0.399 e. The van der Waals surface area contributed by atoms with Crippen LogP contribution < -0.4 is 5.73 Å². The molecule has 0 unspecified atom stereocenters. The van der Waals surface area contributed by atoms with Gasteiger partial charge in [0.25, 0.3) is 0 Å². The van der Waals surface area contributed by atoms with E-state index in [1.165, 1.54) is 44.5 Å². The minimum absolute atomic E-state index is 0.790. The van der Waals surface area contributed by atoms with Crippen molar-refractivity contribution >= 4 is 22.7 Å². The number of para-hydroxylation sites is 2. The topological polar surface area (TPSA) is 30.9 Å². The molecule has 0 saturated carbocycles. The van der Waals surface area contributed by atoms with E-state index in [2.05, 4.69) is 115 Å². The number of hydrogen-bond donors (Lipinski definition) is 1. The van der Waals surface area contributed by atoms with E-state index < -0.39 is 0 Å². The molecule has 5 aromatic rings. The van der Waals surface area contributed by atoms with Crippen molar-refractivity contribution in [1.29, 1.82) is 0 Å². The number of allylic oxidation sites excluding steroid dienone is 1. The van der Waals surface area contributed by atoms with Gasteiger partial charge in [-0.2, -0.15) is 0 Å². The first-order valence-electron chi connectivity index (χ1n) is 11.0. The first-order valence-corrected chi connectivity index (χ1v) is 11.0. The molecule has 1 aromatic heterocycles. The van der Waals surface area contributed by atoms with E-state index in [0.29, 0.717) is 0 Å². The molecule has 0 amide bonds. The molecule has 0 radical (unpaired) electrons. The minimum atomic E-state index is 0.790. The molecule has 2 nitrogen and oxygen atoms in total. The Kier molecular flexibility index (Phi) is 5.35. The molecule has 0 aliphatic rings. The van der Waals surface area contributed by atoms with Crippen molar-refractivity contribution in [3.63, 3.8) is 0 Å². The number of aromatic nitrogens is 1. The molecule has 0 spiro atoms. The van der Waals surface area contributed by atoms with Crippen molar-refractivity contribution in [2.45, 2.75) is 13.3 Å². The number of fused-ring (bicyclic) bond motifs is 1. The van der Waals surface area contributed by atoms with Crippen LogP contribution in [0.1, 0.15) is 16.8 Å². The monoisotopic (exact) mass is 414 g/mol. The molecule has 156 valence electrons. The lowest BCUT2D eigenvalue weighted by Crippen LogP contribution is -1.96. The summed E-state index contributed by atoms with van der Waals surface area (Å²) in [6.45, 7) is 2.21. The van der Waals surface area contributed by atoms with Crippen LogP contribution in [0.25, 0.3) is 33.8 Å². The molecule has 0 aliphatic heterocycles. The van der Waals surface area contributed by atoms with Crippen LogP contribution in [0.5, 0.6) is 0 Å². The fourth-order valence-corrected chi connectivity index (χ4v) is 4.29. The van der Waals surface area contributed by atoms with Gasteiger partial charge in [-0.15, -0.1) is 0 Å². The van der Waals surface area contributed by atoms with Crippen LogP contribution in [0.3, 0.4) is 0 Å². The third-order valence-electron chi connectivity index (χ3n) is 6.02. The number of nitrogens with zero attached hydrogens (tertiary/aromatic N) is 1. The highest BCUT2D eigenvalue weighted by atomic mass is 15.0. The molecular weight excluding hydrogens is 388 g/mol. The molecular formula is C30H26N2. The van der Waals surface area contributed by atoms with Crippen molar-refractivity contribution in [2.75, 3.05) is 5.73 Å². The third-order valence-corrected chi connectivity index (χ3v) is 6.02. The number of hydrogen-bond acceptors (Lipinski definition) is 1. The summed E-state index contributed by atoms with van der Waals surface area (Å²) in [6, 6.07) is 36.0. The normalized spacial score (nSPS) is 11.4. The van der Waals surface area contributed by atoms with Crippen molar-refractivity contribution < 1.29 is 0 Å². The van der Waals surface area contributed by atoms with Gasteiger partial charge >= 0.3 is 0 Å². The Morgan fingerprint density at radius 3 is 2.06 bits per heavy atom. The highest BCUT2D eigenvalue weighted by Gasteiger charge is 2.12. The molecule has 0 fully saturated rings. The lowest BCUT2D eigenvalue weighted by molar-refractivity contribution is 1.09. The Balaban J connectivity index is 1.43. The number of benzene rings is 4. The zero-order valence-electron chi connectivity index (χ0n) is 18.2. The van der Waals surface area contributed by atoms with Crippen molar-refractivity contribution in [2.24, 2.45) is 0 Å². The van der Waals surface area contributed by atoms with E-state index in [0.717, 1.165) is 12.1 Å². The maximum atomic E-state index is 5.81. The molecule has 2 heteroatoms. The summed E-state index contributed by atoms with van der Waals surface area (Å²) in [7, 11) is 0. The number of nitrogen functional groups attached to an aromatic ring is 1. The first-order chi connectivity index (χ1) is 15.7. The summed E-state index contributed by atoms with van der Waals surface area (Å²) in [4.78, 5) is 0. The summed E-state index contributed by atoms with van der Waals surface area (Å²) in [6.07, 6.45) is 5.41. The average molecular weight is 415 g/mol. The van der Waals surface area contributed by atoms with E-state index in [9.17, 15) is 0 Å². The third kappa shape index (κ3) is 3.83. The van der Waals surface area contributed by atoms with Gasteiger partial charge in [0.2, 0.25) is 0 Å². The maximum absolute atomic E-state index is 5.81. The second kappa shape index (κ2) is 8.60.